The Morgan fingerprint density at radius 2 is 2.22 bits per heavy atom. The molecule has 98 valence electrons. The zero-order chi connectivity index (χ0) is 12.5. The van der Waals surface area contributed by atoms with E-state index in [-0.39, 0.29) is 0 Å². The van der Waals surface area contributed by atoms with E-state index in [9.17, 15) is 0 Å². The van der Waals surface area contributed by atoms with Crippen LogP contribution in [0, 0.1) is 5.92 Å². The van der Waals surface area contributed by atoms with Gasteiger partial charge in [-0.3, -0.25) is 4.90 Å². The van der Waals surface area contributed by atoms with Crippen LogP contribution >= 0.6 is 0 Å². The smallest absolute Gasteiger partial charge is 0.0721 e. The number of fused-ring (bicyclic) bond motifs is 1. The van der Waals surface area contributed by atoms with Crippen molar-refractivity contribution in [2.24, 2.45) is 11.7 Å². The van der Waals surface area contributed by atoms with Crippen molar-refractivity contribution in [1.29, 1.82) is 0 Å². The summed E-state index contributed by atoms with van der Waals surface area (Å²) < 4.78 is 5.74. The third kappa shape index (κ3) is 2.18. The number of nitrogens with two attached hydrogens (primary N) is 1. The van der Waals surface area contributed by atoms with Gasteiger partial charge in [-0.1, -0.05) is 24.3 Å². The van der Waals surface area contributed by atoms with Crippen molar-refractivity contribution < 1.29 is 4.74 Å². The lowest BCUT2D eigenvalue weighted by atomic mass is 9.97. The second-order valence-electron chi connectivity index (χ2n) is 5.63. The van der Waals surface area contributed by atoms with Gasteiger partial charge in [0.2, 0.25) is 0 Å². The number of hydrogen-bond donors (Lipinski definition) is 1. The Balaban J connectivity index is 1.79. The third-order valence-corrected chi connectivity index (χ3v) is 4.39. The highest BCUT2D eigenvalue weighted by molar-refractivity contribution is 5.31. The summed E-state index contributed by atoms with van der Waals surface area (Å²) in [5.41, 5.74) is 8.82. The van der Waals surface area contributed by atoms with Crippen molar-refractivity contribution in [3.05, 3.63) is 35.4 Å². The van der Waals surface area contributed by atoms with Crippen LogP contribution in [-0.2, 0) is 11.3 Å². The van der Waals surface area contributed by atoms with Crippen LogP contribution in [0.25, 0.3) is 0 Å². The van der Waals surface area contributed by atoms with Crippen LogP contribution in [0.5, 0.6) is 0 Å². The highest BCUT2D eigenvalue weighted by Crippen LogP contribution is 2.33. The third-order valence-electron chi connectivity index (χ3n) is 4.39. The fourth-order valence-electron chi connectivity index (χ4n) is 3.19. The minimum absolute atomic E-state index is 0.301. The highest BCUT2D eigenvalue weighted by Gasteiger charge is 2.33. The van der Waals surface area contributed by atoms with Gasteiger partial charge in [0.25, 0.3) is 0 Å². The molecule has 2 aliphatic heterocycles. The maximum Gasteiger partial charge on any atom is 0.0721 e. The van der Waals surface area contributed by atoms with Gasteiger partial charge in [-0.15, -0.1) is 0 Å². The first-order valence-electron chi connectivity index (χ1n) is 6.91. The van der Waals surface area contributed by atoms with Crippen LogP contribution in [-0.4, -0.2) is 30.6 Å². The van der Waals surface area contributed by atoms with Gasteiger partial charge in [0.15, 0.2) is 0 Å². The van der Waals surface area contributed by atoms with Crippen LogP contribution in [0.1, 0.15) is 30.5 Å². The normalized spacial score (nSPS) is 30.1. The standard InChI is InChI=1S/C15H22N2O/c1-11(16)12-6-7-17(8-12)15-10-18-9-13-4-2-3-5-14(13)15/h2-5,11-12,15H,6-10,16H2,1H3. The van der Waals surface area contributed by atoms with Crippen molar-refractivity contribution in [3.8, 4) is 0 Å². The van der Waals surface area contributed by atoms with E-state index >= 15 is 0 Å². The molecule has 3 atom stereocenters. The lowest BCUT2D eigenvalue weighted by Gasteiger charge is -2.33. The molecule has 2 aliphatic rings. The highest BCUT2D eigenvalue weighted by atomic mass is 16.5. The van der Waals surface area contributed by atoms with E-state index in [4.69, 9.17) is 10.5 Å². The first-order valence-corrected chi connectivity index (χ1v) is 6.91. The van der Waals surface area contributed by atoms with E-state index in [0.29, 0.717) is 18.0 Å². The molecule has 0 aromatic heterocycles. The monoisotopic (exact) mass is 246 g/mol. The Morgan fingerprint density at radius 3 is 3.00 bits per heavy atom. The SMILES string of the molecule is CC(N)C1CCN(C2COCc3ccccc32)C1. The molecule has 0 aliphatic carbocycles. The first-order chi connectivity index (χ1) is 8.75. The van der Waals surface area contributed by atoms with E-state index in [0.717, 1.165) is 26.3 Å². The van der Waals surface area contributed by atoms with E-state index < -0.39 is 0 Å². The van der Waals surface area contributed by atoms with Gasteiger partial charge in [-0.25, -0.2) is 0 Å². The largest absolute Gasteiger partial charge is 0.375 e. The molecule has 2 N–H and O–H groups in total. The lowest BCUT2D eigenvalue weighted by Crippen LogP contribution is -2.35. The predicted molar refractivity (Wildman–Crippen MR) is 72.2 cm³/mol. The number of nitrogens with zero attached hydrogens (tertiary/aromatic N) is 1. The number of benzene rings is 1. The molecule has 1 saturated heterocycles. The van der Waals surface area contributed by atoms with Crippen molar-refractivity contribution in [1.82, 2.24) is 4.90 Å². The number of hydrogen-bond acceptors (Lipinski definition) is 3. The van der Waals surface area contributed by atoms with Crippen molar-refractivity contribution >= 4 is 0 Å². The molecule has 0 radical (unpaired) electrons. The molecule has 3 nitrogen and oxygen atoms in total. The molecule has 2 heterocycles. The maximum atomic E-state index is 6.03. The fraction of sp³-hybridized carbons (Fsp3) is 0.600. The van der Waals surface area contributed by atoms with Gasteiger partial charge in [-0.05, 0) is 36.9 Å². The molecule has 3 unspecified atom stereocenters. The average Bonchev–Trinajstić information content (AvgIpc) is 2.87. The summed E-state index contributed by atoms with van der Waals surface area (Å²) in [6, 6.07) is 9.39. The summed E-state index contributed by atoms with van der Waals surface area (Å²) in [7, 11) is 0. The zero-order valence-corrected chi connectivity index (χ0v) is 11.0. The van der Waals surface area contributed by atoms with E-state index in [1.54, 1.807) is 0 Å². The minimum Gasteiger partial charge on any atom is -0.375 e. The Hall–Kier alpha value is -0.900. The Bertz CT molecular complexity index is 419. The molecule has 3 rings (SSSR count). The van der Waals surface area contributed by atoms with E-state index in [2.05, 4.69) is 36.1 Å². The number of ether oxygens (including phenoxy) is 1. The number of rotatable bonds is 2. The van der Waals surface area contributed by atoms with Crippen LogP contribution in [0.4, 0.5) is 0 Å². The van der Waals surface area contributed by atoms with Crippen molar-refractivity contribution in [2.75, 3.05) is 19.7 Å². The van der Waals surface area contributed by atoms with Crippen molar-refractivity contribution in [3.63, 3.8) is 0 Å². The molecule has 18 heavy (non-hydrogen) atoms. The Morgan fingerprint density at radius 1 is 1.39 bits per heavy atom. The molecule has 0 bridgehead atoms. The van der Waals surface area contributed by atoms with E-state index in [1.807, 2.05) is 0 Å². The molecule has 0 spiro atoms. The Kier molecular flexibility index (Phi) is 3.37. The second-order valence-corrected chi connectivity index (χ2v) is 5.63. The summed E-state index contributed by atoms with van der Waals surface area (Å²) in [4.78, 5) is 2.55. The maximum absolute atomic E-state index is 6.03. The van der Waals surface area contributed by atoms with Crippen LogP contribution in [0.2, 0.25) is 0 Å². The van der Waals surface area contributed by atoms with E-state index in [1.165, 1.54) is 17.5 Å². The zero-order valence-electron chi connectivity index (χ0n) is 11.0. The van der Waals surface area contributed by atoms with Gasteiger partial charge in [0.1, 0.15) is 0 Å². The van der Waals surface area contributed by atoms with Gasteiger partial charge in [0.05, 0.1) is 19.3 Å². The molecule has 0 amide bonds. The summed E-state index contributed by atoms with van der Waals surface area (Å²) in [5.74, 6) is 0.638. The van der Waals surface area contributed by atoms with Crippen LogP contribution in [0.15, 0.2) is 24.3 Å². The van der Waals surface area contributed by atoms with Gasteiger partial charge in [0, 0.05) is 12.6 Å². The molecular formula is C15H22N2O. The van der Waals surface area contributed by atoms with Crippen LogP contribution < -0.4 is 5.73 Å². The molecule has 0 saturated carbocycles. The topological polar surface area (TPSA) is 38.5 Å². The summed E-state index contributed by atoms with van der Waals surface area (Å²) in [5, 5.41) is 0. The minimum atomic E-state index is 0.301. The van der Waals surface area contributed by atoms with Gasteiger partial charge >= 0.3 is 0 Å². The lowest BCUT2D eigenvalue weighted by molar-refractivity contribution is 0.0396. The van der Waals surface area contributed by atoms with Crippen LogP contribution in [0.3, 0.4) is 0 Å². The molecule has 1 fully saturated rings. The molecule has 1 aromatic rings. The van der Waals surface area contributed by atoms with Crippen molar-refractivity contribution in [2.45, 2.75) is 32.0 Å². The predicted octanol–water partition coefficient (Wildman–Crippen LogP) is 1.93. The quantitative estimate of drug-likeness (QED) is 0.866. The first kappa shape index (κ1) is 12.2. The molecule has 3 heteroatoms. The number of likely N-dealkylation sites (tertiary alicyclic amines) is 1. The molecule has 1 aromatic carbocycles. The van der Waals surface area contributed by atoms with Gasteiger partial charge < -0.3 is 10.5 Å². The average molecular weight is 246 g/mol. The molecular weight excluding hydrogens is 224 g/mol. The fourth-order valence-corrected chi connectivity index (χ4v) is 3.19. The second kappa shape index (κ2) is 5.00. The van der Waals surface area contributed by atoms with Gasteiger partial charge in [-0.2, -0.15) is 0 Å². The summed E-state index contributed by atoms with van der Waals surface area (Å²) in [6.45, 7) is 5.97. The Labute approximate surface area is 109 Å². The summed E-state index contributed by atoms with van der Waals surface area (Å²) >= 11 is 0. The summed E-state index contributed by atoms with van der Waals surface area (Å²) in [6.07, 6.45) is 1.22.